The SMILES string of the molecule is COCCN[C@@H]1CCCC[C@H]1N. The molecule has 0 aliphatic heterocycles. The third-order valence-electron chi connectivity index (χ3n) is 2.53. The molecule has 0 saturated heterocycles. The molecule has 1 aliphatic rings. The smallest absolute Gasteiger partial charge is 0.0587 e. The highest BCUT2D eigenvalue weighted by Gasteiger charge is 2.20. The van der Waals surface area contributed by atoms with Crippen LogP contribution in [0.25, 0.3) is 0 Å². The zero-order valence-electron chi connectivity index (χ0n) is 7.88. The van der Waals surface area contributed by atoms with Crippen LogP contribution in [-0.2, 0) is 4.74 Å². The quantitative estimate of drug-likeness (QED) is 0.607. The van der Waals surface area contributed by atoms with E-state index in [0.29, 0.717) is 12.1 Å². The summed E-state index contributed by atoms with van der Waals surface area (Å²) in [5.41, 5.74) is 5.96. The molecule has 3 heteroatoms. The van der Waals surface area contributed by atoms with E-state index < -0.39 is 0 Å². The summed E-state index contributed by atoms with van der Waals surface area (Å²) in [4.78, 5) is 0. The van der Waals surface area contributed by atoms with Crippen LogP contribution >= 0.6 is 0 Å². The van der Waals surface area contributed by atoms with Crippen molar-refractivity contribution < 1.29 is 4.74 Å². The fourth-order valence-electron chi connectivity index (χ4n) is 1.76. The van der Waals surface area contributed by atoms with E-state index in [-0.39, 0.29) is 0 Å². The van der Waals surface area contributed by atoms with E-state index in [9.17, 15) is 0 Å². The molecule has 0 unspecified atom stereocenters. The first kappa shape index (κ1) is 9.96. The standard InChI is InChI=1S/C9H20N2O/c1-12-7-6-11-9-5-3-2-4-8(9)10/h8-9,11H,2-7,10H2,1H3/t8-,9-/m1/s1. The highest BCUT2D eigenvalue weighted by atomic mass is 16.5. The van der Waals surface area contributed by atoms with Gasteiger partial charge in [0.2, 0.25) is 0 Å². The molecule has 0 radical (unpaired) electrons. The maximum atomic E-state index is 5.96. The van der Waals surface area contributed by atoms with Crippen LogP contribution in [0.5, 0.6) is 0 Å². The van der Waals surface area contributed by atoms with Gasteiger partial charge in [0.05, 0.1) is 6.61 Å². The molecule has 1 aliphatic carbocycles. The number of ether oxygens (including phenoxy) is 1. The molecule has 12 heavy (non-hydrogen) atoms. The minimum Gasteiger partial charge on any atom is -0.383 e. The van der Waals surface area contributed by atoms with Crippen LogP contribution in [0.3, 0.4) is 0 Å². The fourth-order valence-corrected chi connectivity index (χ4v) is 1.76. The number of hydrogen-bond donors (Lipinski definition) is 2. The first-order valence-electron chi connectivity index (χ1n) is 4.82. The minimum absolute atomic E-state index is 0.357. The van der Waals surface area contributed by atoms with Gasteiger partial charge in [0.1, 0.15) is 0 Å². The Hall–Kier alpha value is -0.120. The van der Waals surface area contributed by atoms with Gasteiger partial charge in [0.25, 0.3) is 0 Å². The highest BCUT2D eigenvalue weighted by molar-refractivity contribution is 4.83. The Labute approximate surface area is 74.7 Å². The van der Waals surface area contributed by atoms with Crippen molar-refractivity contribution >= 4 is 0 Å². The normalized spacial score (nSPS) is 30.5. The molecule has 1 saturated carbocycles. The minimum atomic E-state index is 0.357. The van der Waals surface area contributed by atoms with Crippen molar-refractivity contribution in [1.29, 1.82) is 0 Å². The Morgan fingerprint density at radius 2 is 2.17 bits per heavy atom. The Morgan fingerprint density at radius 1 is 1.42 bits per heavy atom. The first-order valence-corrected chi connectivity index (χ1v) is 4.82. The maximum absolute atomic E-state index is 5.96. The second-order valence-corrected chi connectivity index (χ2v) is 3.50. The van der Waals surface area contributed by atoms with Gasteiger partial charge in [-0.05, 0) is 12.8 Å². The molecule has 0 bridgehead atoms. The molecular formula is C9H20N2O. The van der Waals surface area contributed by atoms with Crippen LogP contribution in [0.15, 0.2) is 0 Å². The van der Waals surface area contributed by atoms with Gasteiger partial charge in [-0.1, -0.05) is 12.8 Å². The van der Waals surface area contributed by atoms with Gasteiger partial charge >= 0.3 is 0 Å². The highest BCUT2D eigenvalue weighted by Crippen LogP contribution is 2.16. The summed E-state index contributed by atoms with van der Waals surface area (Å²) >= 11 is 0. The van der Waals surface area contributed by atoms with E-state index in [4.69, 9.17) is 10.5 Å². The summed E-state index contributed by atoms with van der Waals surface area (Å²) in [6.45, 7) is 1.71. The molecule has 0 aromatic carbocycles. The molecule has 0 aromatic rings. The van der Waals surface area contributed by atoms with Crippen LogP contribution < -0.4 is 11.1 Å². The Kier molecular flexibility index (Phi) is 4.58. The molecule has 3 nitrogen and oxygen atoms in total. The van der Waals surface area contributed by atoms with Crippen molar-refractivity contribution in [3.05, 3.63) is 0 Å². The molecule has 0 amide bonds. The van der Waals surface area contributed by atoms with Gasteiger partial charge < -0.3 is 15.8 Å². The van der Waals surface area contributed by atoms with Gasteiger partial charge in [-0.25, -0.2) is 0 Å². The van der Waals surface area contributed by atoms with Crippen molar-refractivity contribution in [2.45, 2.75) is 37.8 Å². The first-order chi connectivity index (χ1) is 5.84. The van der Waals surface area contributed by atoms with Crippen LogP contribution in [-0.4, -0.2) is 32.3 Å². The average Bonchev–Trinajstić information content (AvgIpc) is 2.09. The van der Waals surface area contributed by atoms with Crippen molar-refractivity contribution in [1.82, 2.24) is 5.32 Å². The lowest BCUT2D eigenvalue weighted by atomic mass is 9.91. The van der Waals surface area contributed by atoms with Gasteiger partial charge in [0.15, 0.2) is 0 Å². The van der Waals surface area contributed by atoms with Gasteiger partial charge in [-0.3, -0.25) is 0 Å². The zero-order chi connectivity index (χ0) is 8.81. The number of nitrogens with two attached hydrogens (primary N) is 1. The summed E-state index contributed by atoms with van der Waals surface area (Å²) in [6.07, 6.45) is 5.01. The largest absolute Gasteiger partial charge is 0.383 e. The second kappa shape index (κ2) is 5.51. The third kappa shape index (κ3) is 3.09. The molecule has 3 N–H and O–H groups in total. The van der Waals surface area contributed by atoms with E-state index in [1.54, 1.807) is 7.11 Å². The van der Waals surface area contributed by atoms with E-state index >= 15 is 0 Å². The molecule has 72 valence electrons. The molecule has 2 atom stereocenters. The second-order valence-electron chi connectivity index (χ2n) is 3.50. The summed E-state index contributed by atoms with van der Waals surface area (Å²) in [6, 6.07) is 0.879. The molecule has 1 fully saturated rings. The van der Waals surface area contributed by atoms with E-state index in [1.807, 2.05) is 0 Å². The Morgan fingerprint density at radius 3 is 2.83 bits per heavy atom. The van der Waals surface area contributed by atoms with Crippen LogP contribution in [0, 0.1) is 0 Å². The van der Waals surface area contributed by atoms with E-state index in [1.165, 1.54) is 25.7 Å². The lowest BCUT2D eigenvalue weighted by molar-refractivity contribution is 0.189. The summed E-state index contributed by atoms with van der Waals surface area (Å²) in [7, 11) is 1.72. The van der Waals surface area contributed by atoms with E-state index in [0.717, 1.165) is 13.2 Å². The molecule has 0 aromatic heterocycles. The van der Waals surface area contributed by atoms with Gasteiger partial charge in [0, 0.05) is 25.7 Å². The zero-order valence-corrected chi connectivity index (χ0v) is 7.88. The monoisotopic (exact) mass is 172 g/mol. The van der Waals surface area contributed by atoms with Crippen molar-refractivity contribution in [3.63, 3.8) is 0 Å². The lowest BCUT2D eigenvalue weighted by Crippen LogP contribution is -2.47. The summed E-state index contributed by atoms with van der Waals surface area (Å²) < 4.78 is 4.96. The molecular weight excluding hydrogens is 152 g/mol. The van der Waals surface area contributed by atoms with Gasteiger partial charge in [-0.15, -0.1) is 0 Å². The van der Waals surface area contributed by atoms with Crippen LogP contribution in [0.1, 0.15) is 25.7 Å². The lowest BCUT2D eigenvalue weighted by Gasteiger charge is -2.29. The predicted molar refractivity (Wildman–Crippen MR) is 50.1 cm³/mol. The topological polar surface area (TPSA) is 47.3 Å². The molecule has 0 heterocycles. The van der Waals surface area contributed by atoms with E-state index in [2.05, 4.69) is 5.32 Å². The molecule has 1 rings (SSSR count). The number of rotatable bonds is 4. The molecule has 0 spiro atoms. The number of nitrogens with one attached hydrogen (secondary N) is 1. The average molecular weight is 172 g/mol. The fraction of sp³-hybridized carbons (Fsp3) is 1.00. The van der Waals surface area contributed by atoms with Crippen LogP contribution in [0.2, 0.25) is 0 Å². The Balaban J connectivity index is 2.11. The third-order valence-corrected chi connectivity index (χ3v) is 2.53. The van der Waals surface area contributed by atoms with Crippen molar-refractivity contribution in [3.8, 4) is 0 Å². The number of hydrogen-bond acceptors (Lipinski definition) is 3. The predicted octanol–water partition coefficient (Wildman–Crippen LogP) is 0.492. The summed E-state index contributed by atoms with van der Waals surface area (Å²) in [5.74, 6) is 0. The maximum Gasteiger partial charge on any atom is 0.0587 e. The van der Waals surface area contributed by atoms with Gasteiger partial charge in [-0.2, -0.15) is 0 Å². The Bertz CT molecular complexity index is 119. The van der Waals surface area contributed by atoms with Crippen LogP contribution in [0.4, 0.5) is 0 Å². The van der Waals surface area contributed by atoms with Crippen molar-refractivity contribution in [2.24, 2.45) is 5.73 Å². The number of methoxy groups -OCH3 is 1. The van der Waals surface area contributed by atoms with Crippen molar-refractivity contribution in [2.75, 3.05) is 20.3 Å². The summed E-state index contributed by atoms with van der Waals surface area (Å²) in [5, 5.41) is 3.42.